The normalized spacial score (nSPS) is 57.8. The van der Waals surface area contributed by atoms with Crippen LogP contribution < -0.4 is 0 Å². The summed E-state index contributed by atoms with van der Waals surface area (Å²) >= 11 is 0. The minimum Gasteiger partial charge on any atom is -0.303 e. The first kappa shape index (κ1) is 5.92. The third-order valence-corrected chi connectivity index (χ3v) is 3.96. The predicted octanol–water partition coefficient (Wildman–Crippen LogP) is 0.656. The minimum atomic E-state index is -0.197. The van der Waals surface area contributed by atoms with E-state index in [1.54, 1.807) is 0 Å². The summed E-state index contributed by atoms with van der Waals surface area (Å²) < 4.78 is 0. The predicted molar refractivity (Wildman–Crippen MR) is 37.8 cm³/mol. The average molecular weight is 150 g/mol. The fourth-order valence-electron chi connectivity index (χ4n) is 3.62. The van der Waals surface area contributed by atoms with Crippen molar-refractivity contribution in [3.05, 3.63) is 0 Å². The maximum Gasteiger partial charge on any atom is 0.146 e. The largest absolute Gasteiger partial charge is 0.303 e. The van der Waals surface area contributed by atoms with E-state index < -0.39 is 0 Å². The zero-order valence-electron chi connectivity index (χ0n) is 6.19. The summed E-state index contributed by atoms with van der Waals surface area (Å²) in [6.07, 6.45) is 3.29. The molecule has 2 unspecified atom stereocenters. The van der Waals surface area contributed by atoms with Gasteiger partial charge in [-0.2, -0.15) is 0 Å². The van der Waals surface area contributed by atoms with E-state index in [9.17, 15) is 9.59 Å². The molecule has 58 valence electrons. The number of hydrogen-bond acceptors (Lipinski definition) is 2. The standard InChI is InChI=1S/C9H10O2/c10-3-6-7-4-1-2-5(7)8(4)9(6)11/h3-8H,1-2H2/t4?,5?,6-,7?,8?/m0/s1. The molecule has 4 bridgehead atoms. The van der Waals surface area contributed by atoms with Gasteiger partial charge in [0, 0.05) is 5.92 Å². The third kappa shape index (κ3) is 0.427. The van der Waals surface area contributed by atoms with Crippen molar-refractivity contribution < 1.29 is 9.59 Å². The quantitative estimate of drug-likeness (QED) is 0.406. The van der Waals surface area contributed by atoms with E-state index in [1.165, 1.54) is 12.8 Å². The van der Waals surface area contributed by atoms with E-state index in [1.807, 2.05) is 0 Å². The smallest absolute Gasteiger partial charge is 0.146 e. The molecule has 5 rings (SSSR count). The number of rotatable bonds is 1. The summed E-state index contributed by atoms with van der Waals surface area (Å²) in [6, 6.07) is 0. The van der Waals surface area contributed by atoms with E-state index >= 15 is 0 Å². The molecule has 3 atom stereocenters. The van der Waals surface area contributed by atoms with Gasteiger partial charge in [-0.15, -0.1) is 0 Å². The minimum absolute atomic E-state index is 0.197. The van der Waals surface area contributed by atoms with Gasteiger partial charge in [0.05, 0.1) is 5.92 Å². The zero-order valence-corrected chi connectivity index (χ0v) is 6.19. The Hall–Kier alpha value is -0.660. The molecule has 5 aliphatic carbocycles. The molecule has 2 heteroatoms. The van der Waals surface area contributed by atoms with Crippen LogP contribution in [0.2, 0.25) is 0 Å². The lowest BCUT2D eigenvalue weighted by Gasteiger charge is -2.33. The molecule has 2 nitrogen and oxygen atoms in total. The summed E-state index contributed by atoms with van der Waals surface area (Å²) in [5.41, 5.74) is 0. The lowest BCUT2D eigenvalue weighted by atomic mass is 9.69. The van der Waals surface area contributed by atoms with Crippen molar-refractivity contribution in [2.24, 2.45) is 29.6 Å². The lowest BCUT2D eigenvalue weighted by molar-refractivity contribution is -0.126. The highest BCUT2D eigenvalue weighted by Crippen LogP contribution is 2.67. The van der Waals surface area contributed by atoms with Crippen LogP contribution in [0.5, 0.6) is 0 Å². The molecular weight excluding hydrogens is 140 g/mol. The van der Waals surface area contributed by atoms with Crippen molar-refractivity contribution in [2.75, 3.05) is 0 Å². The summed E-state index contributed by atoms with van der Waals surface area (Å²) in [4.78, 5) is 22.0. The van der Waals surface area contributed by atoms with E-state index in [-0.39, 0.29) is 11.7 Å². The first-order valence-electron chi connectivity index (χ1n) is 4.33. The van der Waals surface area contributed by atoms with Gasteiger partial charge >= 0.3 is 0 Å². The van der Waals surface area contributed by atoms with Gasteiger partial charge in [0.2, 0.25) is 0 Å². The first-order valence-corrected chi connectivity index (χ1v) is 4.33. The number of carbonyl (C=O) groups excluding carboxylic acids is 2. The van der Waals surface area contributed by atoms with Gasteiger partial charge in [-0.05, 0) is 30.6 Å². The fraction of sp³-hybridized carbons (Fsp3) is 0.778. The highest BCUT2D eigenvalue weighted by atomic mass is 16.1. The molecule has 5 aliphatic rings. The second-order valence-electron chi connectivity index (χ2n) is 4.07. The Labute approximate surface area is 65.0 Å². The van der Waals surface area contributed by atoms with Gasteiger partial charge in [-0.3, -0.25) is 4.79 Å². The van der Waals surface area contributed by atoms with Crippen LogP contribution in [0.3, 0.4) is 0 Å². The van der Waals surface area contributed by atoms with Crippen LogP contribution in [0.1, 0.15) is 12.8 Å². The fourth-order valence-corrected chi connectivity index (χ4v) is 3.62. The van der Waals surface area contributed by atoms with Gasteiger partial charge in [-0.25, -0.2) is 0 Å². The molecule has 0 amide bonds. The molecule has 0 heterocycles. The second-order valence-corrected chi connectivity index (χ2v) is 4.07. The molecule has 0 aromatic carbocycles. The highest BCUT2D eigenvalue weighted by Gasteiger charge is 2.68. The molecule has 5 fully saturated rings. The molecule has 0 radical (unpaired) electrons. The summed E-state index contributed by atoms with van der Waals surface area (Å²) in [7, 11) is 0. The summed E-state index contributed by atoms with van der Waals surface area (Å²) in [5, 5.41) is 0. The van der Waals surface area contributed by atoms with Gasteiger partial charge in [0.1, 0.15) is 12.1 Å². The van der Waals surface area contributed by atoms with Crippen molar-refractivity contribution in [1.29, 1.82) is 0 Å². The Morgan fingerprint density at radius 2 is 1.91 bits per heavy atom. The Kier molecular flexibility index (Phi) is 0.846. The van der Waals surface area contributed by atoms with Crippen LogP contribution in [0, 0.1) is 29.6 Å². The molecule has 0 aromatic rings. The number of carbonyl (C=O) groups is 2. The van der Waals surface area contributed by atoms with E-state index in [2.05, 4.69) is 0 Å². The van der Waals surface area contributed by atoms with Crippen LogP contribution in [0.4, 0.5) is 0 Å². The van der Waals surface area contributed by atoms with Crippen molar-refractivity contribution >= 4 is 12.1 Å². The molecule has 5 saturated carbocycles. The summed E-state index contributed by atoms with van der Waals surface area (Å²) in [5.74, 6) is 2.08. The topological polar surface area (TPSA) is 34.1 Å². The van der Waals surface area contributed by atoms with Crippen molar-refractivity contribution in [1.82, 2.24) is 0 Å². The van der Waals surface area contributed by atoms with Gasteiger partial charge in [0.25, 0.3) is 0 Å². The van der Waals surface area contributed by atoms with E-state index in [0.717, 1.165) is 6.29 Å². The van der Waals surface area contributed by atoms with Crippen LogP contribution >= 0.6 is 0 Å². The van der Waals surface area contributed by atoms with Gasteiger partial charge in [0.15, 0.2) is 0 Å². The maximum atomic E-state index is 11.4. The van der Waals surface area contributed by atoms with Crippen molar-refractivity contribution in [3.8, 4) is 0 Å². The Bertz CT molecular complexity index is 234. The second kappa shape index (κ2) is 1.57. The van der Waals surface area contributed by atoms with Gasteiger partial charge in [-0.1, -0.05) is 0 Å². The number of ketones is 1. The highest BCUT2D eigenvalue weighted by molar-refractivity contribution is 6.00. The molecular formula is C9H10O2. The van der Waals surface area contributed by atoms with Crippen LogP contribution in [-0.4, -0.2) is 12.1 Å². The lowest BCUT2D eigenvalue weighted by Crippen LogP contribution is -2.32. The molecule has 0 aromatic heterocycles. The van der Waals surface area contributed by atoms with E-state index in [0.29, 0.717) is 23.7 Å². The number of Topliss-reactive ketones (excluding diaryl/α,β-unsaturated/α-hetero) is 1. The molecule has 11 heavy (non-hydrogen) atoms. The van der Waals surface area contributed by atoms with E-state index in [4.69, 9.17) is 0 Å². The monoisotopic (exact) mass is 150 g/mol. The van der Waals surface area contributed by atoms with Crippen LogP contribution in [0.25, 0.3) is 0 Å². The molecule has 0 saturated heterocycles. The third-order valence-electron chi connectivity index (χ3n) is 3.96. The Morgan fingerprint density at radius 1 is 1.27 bits per heavy atom. The number of fused-ring (bicyclic) bond motifs is 2. The van der Waals surface area contributed by atoms with Gasteiger partial charge < -0.3 is 4.79 Å². The number of hydrogen-bond donors (Lipinski definition) is 0. The summed E-state index contributed by atoms with van der Waals surface area (Å²) in [6.45, 7) is 0. The first-order chi connectivity index (χ1) is 5.34. The molecule has 0 N–H and O–H groups in total. The maximum absolute atomic E-state index is 11.4. The molecule has 0 aliphatic heterocycles. The van der Waals surface area contributed by atoms with Crippen molar-refractivity contribution in [3.63, 3.8) is 0 Å². The zero-order chi connectivity index (χ0) is 7.59. The molecule has 0 spiro atoms. The Balaban J connectivity index is 2.04. The average Bonchev–Trinajstić information content (AvgIpc) is 2.59. The van der Waals surface area contributed by atoms with Crippen molar-refractivity contribution in [2.45, 2.75) is 12.8 Å². The number of aldehydes is 1. The Morgan fingerprint density at radius 3 is 2.27 bits per heavy atom. The SMILES string of the molecule is O=C[C@@H]1C(=O)C2C3CCC2C31. The van der Waals surface area contributed by atoms with Crippen LogP contribution in [-0.2, 0) is 9.59 Å². The van der Waals surface area contributed by atoms with Crippen LogP contribution in [0.15, 0.2) is 0 Å².